The molecule has 1 N–H and O–H groups in total. The molecule has 1 saturated heterocycles. The zero-order valence-electron chi connectivity index (χ0n) is 22.1. The van der Waals surface area contributed by atoms with Gasteiger partial charge in [0.05, 0.1) is 24.0 Å². The molecule has 0 saturated carbocycles. The molecule has 0 atom stereocenters. The van der Waals surface area contributed by atoms with Gasteiger partial charge in [-0.15, -0.1) is 0 Å². The lowest BCUT2D eigenvalue weighted by Gasteiger charge is -2.35. The van der Waals surface area contributed by atoms with E-state index in [-0.39, 0.29) is 17.7 Å². The van der Waals surface area contributed by atoms with Crippen molar-refractivity contribution in [2.75, 3.05) is 56.1 Å². The third kappa shape index (κ3) is 5.54. The fourth-order valence-electron chi connectivity index (χ4n) is 4.96. The maximum absolute atomic E-state index is 14.9. The number of likely N-dealkylation sites (N-methyl/N-ethyl adjacent to an activating group) is 1. The molecular weight excluding hydrogens is 483 g/mol. The summed E-state index contributed by atoms with van der Waals surface area (Å²) in [4.78, 5) is 20.1. The van der Waals surface area contributed by atoms with Crippen LogP contribution in [0.4, 0.5) is 21.8 Å². The van der Waals surface area contributed by atoms with Gasteiger partial charge in [-0.3, -0.25) is 4.90 Å². The molecule has 0 spiro atoms. The molecule has 1 fully saturated rings. The molecule has 5 rings (SSSR count). The van der Waals surface area contributed by atoms with Crippen molar-refractivity contribution < 1.29 is 9.13 Å². The average Bonchev–Trinajstić information content (AvgIpc) is 2.94. The van der Waals surface area contributed by atoms with Crippen LogP contribution in [-0.2, 0) is 6.54 Å². The first-order valence-electron chi connectivity index (χ1n) is 13.1. The second-order valence-electron chi connectivity index (χ2n) is 9.90. The normalized spacial score (nSPS) is 16.2. The molecule has 38 heavy (non-hydrogen) atoms. The van der Waals surface area contributed by atoms with Crippen molar-refractivity contribution in [3.8, 4) is 23.1 Å². The van der Waals surface area contributed by atoms with Gasteiger partial charge in [0.15, 0.2) is 11.6 Å². The minimum absolute atomic E-state index is 0.110. The number of piperazine rings is 1. The number of benzene rings is 1. The zero-order chi connectivity index (χ0) is 26.6. The first kappa shape index (κ1) is 25.8. The summed E-state index contributed by atoms with van der Waals surface area (Å²) in [5.74, 6) is 0.759. The highest BCUT2D eigenvalue weighted by atomic mass is 19.1. The Labute approximate surface area is 222 Å². The van der Waals surface area contributed by atoms with Gasteiger partial charge in [-0.25, -0.2) is 19.3 Å². The van der Waals surface area contributed by atoms with Gasteiger partial charge in [-0.05, 0) is 44.2 Å². The number of anilines is 3. The number of hydrogen-bond donors (Lipinski definition) is 1. The summed E-state index contributed by atoms with van der Waals surface area (Å²) in [7, 11) is 0. The Morgan fingerprint density at radius 2 is 1.87 bits per heavy atom. The monoisotopic (exact) mass is 516 g/mol. The van der Waals surface area contributed by atoms with Crippen LogP contribution in [0.2, 0.25) is 0 Å². The molecule has 0 aliphatic carbocycles. The number of nitrogens with one attached hydrogen (secondary N) is 1. The Hall–Kier alpha value is -3.81. The summed E-state index contributed by atoms with van der Waals surface area (Å²) >= 11 is 0. The molecule has 4 heterocycles. The van der Waals surface area contributed by atoms with Gasteiger partial charge >= 0.3 is 0 Å². The van der Waals surface area contributed by atoms with Crippen molar-refractivity contribution in [2.45, 2.75) is 33.4 Å². The van der Waals surface area contributed by atoms with E-state index in [2.05, 4.69) is 61.8 Å². The number of fused-ring (bicyclic) bond motifs is 1. The molecule has 10 heteroatoms. The summed E-state index contributed by atoms with van der Waals surface area (Å²) in [5.41, 5.74) is 2.85. The molecule has 1 aromatic carbocycles. The van der Waals surface area contributed by atoms with E-state index in [0.717, 1.165) is 56.7 Å². The van der Waals surface area contributed by atoms with Crippen LogP contribution in [0.15, 0.2) is 36.7 Å². The molecule has 0 amide bonds. The number of hydrogen-bond acceptors (Lipinski definition) is 9. The lowest BCUT2D eigenvalue weighted by atomic mass is 10.0. The molecule has 3 aromatic rings. The number of nitriles is 1. The number of ether oxygens (including phenoxy) is 1. The van der Waals surface area contributed by atoms with Crippen LogP contribution >= 0.6 is 0 Å². The van der Waals surface area contributed by atoms with Gasteiger partial charge in [0.2, 0.25) is 5.95 Å². The summed E-state index contributed by atoms with van der Waals surface area (Å²) < 4.78 is 20.7. The minimum atomic E-state index is -0.571. The number of aromatic nitrogens is 3. The minimum Gasteiger partial charge on any atom is -0.488 e. The summed E-state index contributed by atoms with van der Waals surface area (Å²) in [5, 5.41) is 12.8. The number of rotatable bonds is 7. The van der Waals surface area contributed by atoms with Gasteiger partial charge in [0.25, 0.3) is 0 Å². The van der Waals surface area contributed by atoms with Crippen molar-refractivity contribution in [3.63, 3.8) is 0 Å². The summed E-state index contributed by atoms with van der Waals surface area (Å²) in [6.07, 6.45) is 2.99. The lowest BCUT2D eigenvalue weighted by molar-refractivity contribution is 0.132. The molecule has 198 valence electrons. The first-order valence-corrected chi connectivity index (χ1v) is 13.1. The van der Waals surface area contributed by atoms with E-state index >= 15 is 0 Å². The highest BCUT2D eigenvalue weighted by Crippen LogP contribution is 2.40. The first-order chi connectivity index (χ1) is 18.4. The highest BCUT2D eigenvalue weighted by molar-refractivity contribution is 5.76. The van der Waals surface area contributed by atoms with E-state index in [1.807, 2.05) is 24.4 Å². The van der Waals surface area contributed by atoms with Crippen molar-refractivity contribution in [3.05, 3.63) is 53.6 Å². The Bertz CT molecular complexity index is 1320. The fraction of sp³-hybridized carbons (Fsp3) is 0.429. The topological polar surface area (TPSA) is 93.4 Å². The van der Waals surface area contributed by atoms with Crippen molar-refractivity contribution in [1.29, 1.82) is 5.26 Å². The van der Waals surface area contributed by atoms with Crippen molar-refractivity contribution >= 4 is 17.5 Å². The van der Waals surface area contributed by atoms with Crippen molar-refractivity contribution in [1.82, 2.24) is 24.8 Å². The third-order valence-electron chi connectivity index (χ3n) is 7.10. The van der Waals surface area contributed by atoms with Crippen LogP contribution in [0, 0.1) is 17.1 Å². The van der Waals surface area contributed by atoms with Crippen LogP contribution in [-0.4, -0.2) is 76.7 Å². The maximum Gasteiger partial charge on any atom is 0.229 e. The largest absolute Gasteiger partial charge is 0.488 e. The van der Waals surface area contributed by atoms with Crippen LogP contribution in [0.5, 0.6) is 5.75 Å². The SMILES string of the molecule is CCN1CCN(Cc2ccc(Nc3ncc(F)c(-c4cc(C#N)c5c(c4)N(C(C)C)CCO5)n3)nc2)CC1. The zero-order valence-corrected chi connectivity index (χ0v) is 22.1. The van der Waals surface area contributed by atoms with E-state index in [4.69, 9.17) is 4.74 Å². The second-order valence-corrected chi connectivity index (χ2v) is 9.90. The van der Waals surface area contributed by atoms with Gasteiger partial charge in [-0.1, -0.05) is 13.0 Å². The van der Waals surface area contributed by atoms with Gasteiger partial charge in [0, 0.05) is 50.5 Å². The Kier molecular flexibility index (Phi) is 7.67. The fourth-order valence-corrected chi connectivity index (χ4v) is 4.96. The van der Waals surface area contributed by atoms with E-state index in [0.29, 0.717) is 35.8 Å². The molecule has 2 aliphatic heterocycles. The number of pyridine rings is 1. The van der Waals surface area contributed by atoms with E-state index < -0.39 is 5.82 Å². The smallest absolute Gasteiger partial charge is 0.229 e. The molecule has 2 aromatic heterocycles. The van der Waals surface area contributed by atoms with E-state index in [1.54, 1.807) is 6.07 Å². The molecule has 9 nitrogen and oxygen atoms in total. The van der Waals surface area contributed by atoms with E-state index in [9.17, 15) is 9.65 Å². The quantitative estimate of drug-likeness (QED) is 0.499. The van der Waals surface area contributed by atoms with E-state index in [1.165, 1.54) is 0 Å². The highest BCUT2D eigenvalue weighted by Gasteiger charge is 2.25. The molecule has 0 radical (unpaired) electrons. The van der Waals surface area contributed by atoms with Crippen LogP contribution < -0.4 is 15.0 Å². The molecular formula is C28H33FN8O. The third-order valence-corrected chi connectivity index (χ3v) is 7.10. The van der Waals surface area contributed by atoms with Gasteiger partial charge < -0.3 is 19.9 Å². The summed E-state index contributed by atoms with van der Waals surface area (Å²) in [6, 6.07) is 9.75. The lowest BCUT2D eigenvalue weighted by Crippen LogP contribution is -2.45. The summed E-state index contributed by atoms with van der Waals surface area (Å²) in [6.45, 7) is 13.8. The Balaban J connectivity index is 1.34. The average molecular weight is 517 g/mol. The predicted octanol–water partition coefficient (Wildman–Crippen LogP) is 4.04. The molecule has 0 unspecified atom stereocenters. The van der Waals surface area contributed by atoms with Crippen LogP contribution in [0.1, 0.15) is 31.9 Å². The Morgan fingerprint density at radius 3 is 2.55 bits per heavy atom. The number of nitrogens with zero attached hydrogens (tertiary/aromatic N) is 7. The van der Waals surface area contributed by atoms with Crippen LogP contribution in [0.3, 0.4) is 0 Å². The predicted molar refractivity (Wildman–Crippen MR) is 145 cm³/mol. The van der Waals surface area contributed by atoms with Gasteiger partial charge in [0.1, 0.15) is 24.2 Å². The van der Waals surface area contributed by atoms with Crippen LogP contribution in [0.25, 0.3) is 11.3 Å². The maximum atomic E-state index is 14.9. The Morgan fingerprint density at radius 1 is 1.08 bits per heavy atom. The standard InChI is InChI=1S/C28H33FN8O/c1-4-35-7-9-36(10-8-35)18-20-5-6-25(31-16-20)33-28-32-17-23(29)26(34-28)21-13-22(15-30)27-24(14-21)37(19(2)3)11-12-38-27/h5-6,13-14,16-17,19H,4,7-12,18H2,1-3H3,(H,31,32,33,34). The molecule has 0 bridgehead atoms. The molecule has 2 aliphatic rings. The number of halogens is 1. The van der Waals surface area contributed by atoms with Crippen molar-refractivity contribution in [2.24, 2.45) is 0 Å². The second kappa shape index (κ2) is 11.3. The van der Waals surface area contributed by atoms with Gasteiger partial charge in [-0.2, -0.15) is 5.26 Å².